The minimum Gasteiger partial charge on any atom is -0.353 e. The number of hydrogen-bond acceptors (Lipinski definition) is 2. The van der Waals surface area contributed by atoms with Crippen LogP contribution in [0.25, 0.3) is 34.0 Å². The van der Waals surface area contributed by atoms with Gasteiger partial charge in [0.2, 0.25) is 0 Å². The summed E-state index contributed by atoms with van der Waals surface area (Å²) in [5.41, 5.74) is 4.10. The second-order valence-corrected chi connectivity index (χ2v) is 5.70. The third-order valence-corrected chi connectivity index (χ3v) is 4.18. The predicted molar refractivity (Wildman–Crippen MR) is 103 cm³/mol. The van der Waals surface area contributed by atoms with Crippen molar-refractivity contribution in [2.45, 2.75) is 0 Å². The van der Waals surface area contributed by atoms with Gasteiger partial charge in [0.25, 0.3) is 5.91 Å². The fraction of sp³-hybridized carbons (Fsp3) is 0. The summed E-state index contributed by atoms with van der Waals surface area (Å²) in [4.78, 5) is 23.1. The molecule has 3 heterocycles. The molecule has 122 valence electrons. The molecule has 0 fully saturated rings. The number of aromatic amines is 2. The number of rotatable bonds is 4. The molecule has 0 aliphatic carbocycles. The van der Waals surface area contributed by atoms with E-state index in [1.165, 1.54) is 0 Å². The highest BCUT2D eigenvalue weighted by Crippen LogP contribution is 2.26. The first kappa shape index (κ1) is 15.0. The van der Waals surface area contributed by atoms with Gasteiger partial charge in [-0.25, -0.2) is 4.98 Å². The minimum atomic E-state index is -0.234. The highest BCUT2D eigenvalue weighted by molar-refractivity contribution is 6.06. The average molecular weight is 328 g/mol. The van der Waals surface area contributed by atoms with Crippen LogP contribution in [0.3, 0.4) is 0 Å². The highest BCUT2D eigenvalue weighted by Gasteiger charge is 2.12. The van der Waals surface area contributed by atoms with Crippen LogP contribution >= 0.6 is 0 Å². The Balaban J connectivity index is 1.68. The van der Waals surface area contributed by atoms with Gasteiger partial charge < -0.3 is 15.3 Å². The van der Waals surface area contributed by atoms with E-state index < -0.39 is 0 Å². The molecule has 1 amide bonds. The summed E-state index contributed by atoms with van der Waals surface area (Å²) in [6.45, 7) is 7.64. The Kier molecular flexibility index (Phi) is 3.47. The Morgan fingerprint density at radius 3 is 2.68 bits per heavy atom. The first-order valence-corrected chi connectivity index (χ1v) is 7.85. The summed E-state index contributed by atoms with van der Waals surface area (Å²) < 4.78 is 0. The number of benzene rings is 1. The summed E-state index contributed by atoms with van der Waals surface area (Å²) in [7, 11) is 0. The molecule has 4 rings (SSSR count). The van der Waals surface area contributed by atoms with Gasteiger partial charge in [0.05, 0.1) is 11.7 Å². The maximum Gasteiger partial charge on any atom is 0.273 e. The van der Waals surface area contributed by atoms with Gasteiger partial charge in [-0.2, -0.15) is 0 Å². The van der Waals surface area contributed by atoms with Gasteiger partial charge in [-0.1, -0.05) is 37.4 Å². The van der Waals surface area contributed by atoms with Gasteiger partial charge in [0, 0.05) is 27.5 Å². The molecule has 3 aromatic heterocycles. The van der Waals surface area contributed by atoms with Gasteiger partial charge in [-0.3, -0.25) is 4.79 Å². The van der Waals surface area contributed by atoms with Crippen molar-refractivity contribution in [1.82, 2.24) is 15.0 Å². The summed E-state index contributed by atoms with van der Waals surface area (Å²) >= 11 is 0. The molecule has 0 aliphatic rings. The zero-order valence-corrected chi connectivity index (χ0v) is 13.5. The molecule has 0 unspecified atom stereocenters. The van der Waals surface area contributed by atoms with Crippen molar-refractivity contribution in [3.8, 4) is 0 Å². The Morgan fingerprint density at radius 1 is 1.08 bits per heavy atom. The lowest BCUT2D eigenvalue weighted by Gasteiger charge is -2.03. The number of carbonyl (C=O) groups excluding carboxylic acids is 1. The van der Waals surface area contributed by atoms with Crippen molar-refractivity contribution >= 4 is 45.7 Å². The van der Waals surface area contributed by atoms with Gasteiger partial charge in [-0.05, 0) is 24.3 Å². The van der Waals surface area contributed by atoms with E-state index in [1.807, 2.05) is 36.4 Å². The maximum atomic E-state index is 12.5. The third-order valence-electron chi connectivity index (χ3n) is 4.18. The Labute approximate surface area is 144 Å². The van der Waals surface area contributed by atoms with Crippen LogP contribution in [0.4, 0.5) is 5.82 Å². The van der Waals surface area contributed by atoms with Crippen molar-refractivity contribution < 1.29 is 4.79 Å². The van der Waals surface area contributed by atoms with Crippen LogP contribution < -0.4 is 5.32 Å². The van der Waals surface area contributed by atoms with E-state index in [0.717, 1.165) is 33.1 Å². The summed E-state index contributed by atoms with van der Waals surface area (Å²) in [5.74, 6) is 0.247. The molecule has 0 atom stereocenters. The Hall–Kier alpha value is -3.60. The van der Waals surface area contributed by atoms with E-state index in [0.29, 0.717) is 11.5 Å². The van der Waals surface area contributed by atoms with Crippen LogP contribution in [0, 0.1) is 0 Å². The SMILES string of the molecule is C=Cc1[nH]c2cnc(NC(=O)c3cc4ccccc4[nH]3)cc2c1C=C. The fourth-order valence-corrected chi connectivity index (χ4v) is 2.96. The highest BCUT2D eigenvalue weighted by atomic mass is 16.1. The molecule has 0 saturated carbocycles. The van der Waals surface area contributed by atoms with Crippen LogP contribution in [-0.4, -0.2) is 20.9 Å². The molecular formula is C20H16N4O. The number of H-pyrrole nitrogens is 2. The molecule has 25 heavy (non-hydrogen) atoms. The van der Waals surface area contributed by atoms with Gasteiger partial charge >= 0.3 is 0 Å². The number of nitrogens with zero attached hydrogens (tertiary/aromatic N) is 1. The lowest BCUT2D eigenvalue weighted by atomic mass is 10.1. The zero-order chi connectivity index (χ0) is 17.4. The average Bonchev–Trinajstić information content (AvgIpc) is 3.22. The van der Waals surface area contributed by atoms with E-state index >= 15 is 0 Å². The standard InChI is InChI=1S/C20H16N4O/c1-3-13-14-10-19(21-11-18(14)22-15(13)4-2)24-20(25)17-9-12-7-5-6-8-16(12)23-17/h3-11,22-23H,1-2H2,(H,21,24,25). The fourth-order valence-electron chi connectivity index (χ4n) is 2.96. The first-order chi connectivity index (χ1) is 12.2. The van der Waals surface area contributed by atoms with Crippen LogP contribution in [0.2, 0.25) is 0 Å². The molecule has 0 bridgehead atoms. The molecule has 3 N–H and O–H groups in total. The Bertz CT molecular complexity index is 1100. The monoisotopic (exact) mass is 328 g/mol. The lowest BCUT2D eigenvalue weighted by Crippen LogP contribution is -2.13. The number of para-hydroxylation sites is 1. The minimum absolute atomic E-state index is 0.234. The smallest absolute Gasteiger partial charge is 0.273 e. The molecule has 5 heteroatoms. The number of nitrogens with one attached hydrogen (secondary N) is 3. The van der Waals surface area contributed by atoms with Crippen LogP contribution in [0.15, 0.2) is 55.8 Å². The van der Waals surface area contributed by atoms with Crippen LogP contribution in [-0.2, 0) is 0 Å². The van der Waals surface area contributed by atoms with E-state index in [-0.39, 0.29) is 5.91 Å². The molecule has 5 nitrogen and oxygen atoms in total. The van der Waals surface area contributed by atoms with Gasteiger partial charge in [0.15, 0.2) is 0 Å². The molecule has 0 radical (unpaired) electrons. The number of pyridine rings is 1. The first-order valence-electron chi connectivity index (χ1n) is 7.85. The van der Waals surface area contributed by atoms with Crippen molar-refractivity contribution in [2.24, 2.45) is 0 Å². The maximum absolute atomic E-state index is 12.5. The van der Waals surface area contributed by atoms with Crippen molar-refractivity contribution in [3.63, 3.8) is 0 Å². The number of fused-ring (bicyclic) bond motifs is 2. The van der Waals surface area contributed by atoms with Crippen LogP contribution in [0.1, 0.15) is 21.7 Å². The van der Waals surface area contributed by atoms with Crippen molar-refractivity contribution in [2.75, 3.05) is 5.32 Å². The van der Waals surface area contributed by atoms with E-state index in [9.17, 15) is 4.79 Å². The molecule has 1 aromatic carbocycles. The second kappa shape index (κ2) is 5.79. The number of hydrogen-bond donors (Lipinski definition) is 3. The van der Waals surface area contributed by atoms with Crippen molar-refractivity contribution in [1.29, 1.82) is 0 Å². The Morgan fingerprint density at radius 2 is 1.92 bits per heavy atom. The van der Waals surface area contributed by atoms with Gasteiger partial charge in [-0.15, -0.1) is 0 Å². The number of anilines is 1. The summed E-state index contributed by atoms with van der Waals surface area (Å²) in [6, 6.07) is 11.4. The van der Waals surface area contributed by atoms with Gasteiger partial charge in [0.1, 0.15) is 11.5 Å². The molecule has 0 aliphatic heterocycles. The van der Waals surface area contributed by atoms with E-state index in [1.54, 1.807) is 18.3 Å². The van der Waals surface area contributed by atoms with Crippen molar-refractivity contribution in [3.05, 3.63) is 72.7 Å². The quantitative estimate of drug-likeness (QED) is 0.513. The van der Waals surface area contributed by atoms with E-state index in [2.05, 4.69) is 33.4 Å². The van der Waals surface area contributed by atoms with E-state index in [4.69, 9.17) is 0 Å². The predicted octanol–water partition coefficient (Wildman–Crippen LogP) is 4.58. The molecular weight excluding hydrogens is 312 g/mol. The largest absolute Gasteiger partial charge is 0.353 e. The number of amides is 1. The number of carbonyl (C=O) groups is 1. The molecule has 0 spiro atoms. The van der Waals surface area contributed by atoms with Crippen LogP contribution in [0.5, 0.6) is 0 Å². The summed E-state index contributed by atoms with van der Waals surface area (Å²) in [6.07, 6.45) is 5.19. The second-order valence-electron chi connectivity index (χ2n) is 5.70. The lowest BCUT2D eigenvalue weighted by molar-refractivity contribution is 0.102. The zero-order valence-electron chi connectivity index (χ0n) is 13.5. The topological polar surface area (TPSA) is 73.6 Å². The summed E-state index contributed by atoms with van der Waals surface area (Å²) in [5, 5.41) is 4.76. The normalized spacial score (nSPS) is 10.9. The number of aromatic nitrogens is 3. The third kappa shape index (κ3) is 2.52. The molecule has 4 aromatic rings. The molecule has 0 saturated heterocycles.